The number of ether oxygens (including phenoxy) is 2. The third-order valence-corrected chi connectivity index (χ3v) is 4.67. The van der Waals surface area contributed by atoms with Crippen LogP contribution in [0.25, 0.3) is 16.6 Å². The molecule has 0 aliphatic carbocycles. The molecule has 0 saturated heterocycles. The van der Waals surface area contributed by atoms with Gasteiger partial charge in [-0.2, -0.15) is 0 Å². The molecule has 6 nitrogen and oxygen atoms in total. The van der Waals surface area contributed by atoms with Crippen LogP contribution >= 0.6 is 0 Å². The van der Waals surface area contributed by atoms with Crippen molar-refractivity contribution in [1.82, 2.24) is 9.55 Å². The standard InChI is InChI=1S/C25H20N2O4/c1-2-13-30-25(29)19-8-6-7-18(14-19)16-31-21-11-12-22-23(15-21)26-17-27(24(22)28)20-9-4-3-5-10-20/h2-12,14-15,17H,1,13,16H2. The first kappa shape index (κ1) is 20.1. The minimum atomic E-state index is -0.411. The molecule has 0 atom stereocenters. The van der Waals surface area contributed by atoms with Crippen LogP contribution in [0.15, 0.2) is 96.6 Å². The Balaban J connectivity index is 1.52. The van der Waals surface area contributed by atoms with Crippen LogP contribution < -0.4 is 10.3 Å². The lowest BCUT2D eigenvalue weighted by Crippen LogP contribution is -2.18. The van der Waals surface area contributed by atoms with E-state index in [1.807, 2.05) is 36.4 Å². The van der Waals surface area contributed by atoms with Crippen LogP contribution in [0.4, 0.5) is 0 Å². The molecule has 3 aromatic carbocycles. The number of fused-ring (bicyclic) bond motifs is 1. The number of aromatic nitrogens is 2. The van der Waals surface area contributed by atoms with Crippen LogP contribution in [0.2, 0.25) is 0 Å². The molecule has 1 aromatic heterocycles. The first-order valence-corrected chi connectivity index (χ1v) is 9.72. The second-order valence-corrected chi connectivity index (χ2v) is 6.81. The quantitative estimate of drug-likeness (QED) is 0.334. The molecule has 31 heavy (non-hydrogen) atoms. The van der Waals surface area contributed by atoms with Crippen molar-refractivity contribution in [1.29, 1.82) is 0 Å². The number of hydrogen-bond donors (Lipinski definition) is 0. The van der Waals surface area contributed by atoms with E-state index >= 15 is 0 Å². The number of carbonyl (C=O) groups excluding carboxylic acids is 1. The molecular formula is C25H20N2O4. The number of hydrogen-bond acceptors (Lipinski definition) is 5. The van der Waals surface area contributed by atoms with Crippen molar-refractivity contribution >= 4 is 16.9 Å². The van der Waals surface area contributed by atoms with Crippen molar-refractivity contribution in [3.8, 4) is 11.4 Å². The number of para-hydroxylation sites is 1. The van der Waals surface area contributed by atoms with Crippen LogP contribution in [0, 0.1) is 0 Å². The summed E-state index contributed by atoms with van der Waals surface area (Å²) >= 11 is 0. The minimum absolute atomic E-state index is 0.145. The maximum absolute atomic E-state index is 12.8. The van der Waals surface area contributed by atoms with E-state index in [-0.39, 0.29) is 18.8 Å². The predicted molar refractivity (Wildman–Crippen MR) is 119 cm³/mol. The van der Waals surface area contributed by atoms with Crippen molar-refractivity contribution in [2.75, 3.05) is 6.61 Å². The fourth-order valence-corrected chi connectivity index (χ4v) is 3.14. The smallest absolute Gasteiger partial charge is 0.338 e. The SMILES string of the molecule is C=CCOC(=O)c1cccc(COc2ccc3c(=O)n(-c4ccccc4)cnc3c2)c1. The molecule has 4 aromatic rings. The number of rotatable bonds is 7. The van der Waals surface area contributed by atoms with E-state index in [1.165, 1.54) is 17.0 Å². The molecule has 0 aliphatic heterocycles. The van der Waals surface area contributed by atoms with Gasteiger partial charge in [-0.05, 0) is 42.0 Å². The number of nitrogens with zero attached hydrogens (tertiary/aromatic N) is 2. The molecule has 154 valence electrons. The molecular weight excluding hydrogens is 392 g/mol. The molecule has 0 fully saturated rings. The molecule has 4 rings (SSSR count). The van der Waals surface area contributed by atoms with Crippen molar-refractivity contribution < 1.29 is 14.3 Å². The van der Waals surface area contributed by atoms with Gasteiger partial charge in [0.25, 0.3) is 5.56 Å². The molecule has 0 bridgehead atoms. The van der Waals surface area contributed by atoms with Gasteiger partial charge in [0.1, 0.15) is 25.3 Å². The minimum Gasteiger partial charge on any atom is -0.489 e. The van der Waals surface area contributed by atoms with Crippen molar-refractivity contribution in [2.45, 2.75) is 6.61 Å². The van der Waals surface area contributed by atoms with E-state index in [0.717, 1.165) is 11.3 Å². The van der Waals surface area contributed by atoms with Crippen molar-refractivity contribution in [3.63, 3.8) is 0 Å². The first-order valence-electron chi connectivity index (χ1n) is 9.72. The fourth-order valence-electron chi connectivity index (χ4n) is 3.14. The van der Waals surface area contributed by atoms with Crippen LogP contribution in [0.3, 0.4) is 0 Å². The summed E-state index contributed by atoms with van der Waals surface area (Å²) in [5, 5.41) is 0.505. The molecule has 0 aliphatic rings. The number of carbonyl (C=O) groups is 1. The Morgan fingerprint density at radius 2 is 1.87 bits per heavy atom. The largest absolute Gasteiger partial charge is 0.489 e. The lowest BCUT2D eigenvalue weighted by atomic mass is 10.1. The summed E-state index contributed by atoms with van der Waals surface area (Å²) in [4.78, 5) is 29.2. The maximum Gasteiger partial charge on any atom is 0.338 e. The number of esters is 1. The van der Waals surface area contributed by atoms with Gasteiger partial charge in [-0.15, -0.1) is 0 Å². The first-order chi connectivity index (χ1) is 15.2. The van der Waals surface area contributed by atoms with E-state index in [9.17, 15) is 9.59 Å². The normalized spacial score (nSPS) is 10.6. The Kier molecular flexibility index (Phi) is 5.89. The highest BCUT2D eigenvalue weighted by Crippen LogP contribution is 2.19. The third kappa shape index (κ3) is 4.53. The molecule has 1 heterocycles. The highest BCUT2D eigenvalue weighted by molar-refractivity contribution is 5.89. The average Bonchev–Trinajstić information content (AvgIpc) is 2.82. The van der Waals surface area contributed by atoms with Gasteiger partial charge in [0.05, 0.1) is 22.2 Å². The average molecular weight is 412 g/mol. The third-order valence-electron chi connectivity index (χ3n) is 4.67. The summed E-state index contributed by atoms with van der Waals surface area (Å²) in [7, 11) is 0. The van der Waals surface area contributed by atoms with E-state index < -0.39 is 5.97 Å². The Morgan fingerprint density at radius 1 is 1.03 bits per heavy atom. The Morgan fingerprint density at radius 3 is 2.68 bits per heavy atom. The van der Waals surface area contributed by atoms with Gasteiger partial charge in [0.2, 0.25) is 0 Å². The summed E-state index contributed by atoms with van der Waals surface area (Å²) in [6.45, 7) is 3.95. The Labute approximate surface area is 179 Å². The zero-order valence-electron chi connectivity index (χ0n) is 16.7. The second-order valence-electron chi connectivity index (χ2n) is 6.81. The van der Waals surface area contributed by atoms with Gasteiger partial charge in [0, 0.05) is 6.07 Å². The lowest BCUT2D eigenvalue weighted by molar-refractivity contribution is 0.0549. The zero-order chi connectivity index (χ0) is 21.6. The van der Waals surface area contributed by atoms with Crippen molar-refractivity contribution in [3.05, 3.63) is 113 Å². The summed E-state index contributed by atoms with van der Waals surface area (Å²) < 4.78 is 12.4. The Bertz CT molecular complexity index is 1300. The summed E-state index contributed by atoms with van der Waals surface area (Å²) in [6, 6.07) is 21.6. The van der Waals surface area contributed by atoms with Crippen LogP contribution in [-0.4, -0.2) is 22.1 Å². The van der Waals surface area contributed by atoms with E-state index in [4.69, 9.17) is 9.47 Å². The second kappa shape index (κ2) is 9.09. The van der Waals surface area contributed by atoms with Gasteiger partial charge in [-0.1, -0.05) is 43.0 Å². The van der Waals surface area contributed by atoms with E-state index in [2.05, 4.69) is 11.6 Å². The molecule has 0 saturated carbocycles. The van der Waals surface area contributed by atoms with Gasteiger partial charge in [0.15, 0.2) is 0 Å². The number of benzene rings is 3. The highest BCUT2D eigenvalue weighted by Gasteiger charge is 2.09. The fraction of sp³-hybridized carbons (Fsp3) is 0.0800. The van der Waals surface area contributed by atoms with Crippen LogP contribution in [-0.2, 0) is 11.3 Å². The van der Waals surface area contributed by atoms with Gasteiger partial charge in [-0.25, -0.2) is 9.78 Å². The molecule has 0 spiro atoms. The predicted octanol–water partition coefficient (Wildman–Crippen LogP) is 4.31. The molecule has 0 amide bonds. The molecule has 0 radical (unpaired) electrons. The summed E-state index contributed by atoms with van der Waals surface area (Å²) in [5.74, 6) is 0.169. The van der Waals surface area contributed by atoms with Crippen molar-refractivity contribution in [2.24, 2.45) is 0 Å². The lowest BCUT2D eigenvalue weighted by Gasteiger charge is -2.10. The summed E-state index contributed by atoms with van der Waals surface area (Å²) in [5.41, 5.74) is 2.43. The highest BCUT2D eigenvalue weighted by atomic mass is 16.5. The monoisotopic (exact) mass is 412 g/mol. The molecule has 0 unspecified atom stereocenters. The Hall–Kier alpha value is -4.19. The van der Waals surface area contributed by atoms with Gasteiger partial charge >= 0.3 is 5.97 Å². The zero-order valence-corrected chi connectivity index (χ0v) is 16.7. The van der Waals surface area contributed by atoms with Gasteiger partial charge in [-0.3, -0.25) is 9.36 Å². The summed E-state index contributed by atoms with van der Waals surface area (Å²) in [6.07, 6.45) is 3.04. The topological polar surface area (TPSA) is 70.4 Å². The van der Waals surface area contributed by atoms with Gasteiger partial charge < -0.3 is 9.47 Å². The molecule has 6 heteroatoms. The van der Waals surface area contributed by atoms with E-state index in [1.54, 1.807) is 36.4 Å². The van der Waals surface area contributed by atoms with E-state index in [0.29, 0.717) is 22.2 Å². The maximum atomic E-state index is 12.8. The molecule has 0 N–H and O–H groups in total. The van der Waals surface area contributed by atoms with Crippen LogP contribution in [0.1, 0.15) is 15.9 Å². The van der Waals surface area contributed by atoms with Crippen LogP contribution in [0.5, 0.6) is 5.75 Å².